The molecule has 4 heteroatoms. The van der Waals surface area contributed by atoms with Crippen molar-refractivity contribution in [2.45, 2.75) is 38.3 Å². The summed E-state index contributed by atoms with van der Waals surface area (Å²) in [6, 6.07) is 1.57. The Labute approximate surface area is 118 Å². The lowest BCUT2D eigenvalue weighted by molar-refractivity contribution is 0.0209. The Morgan fingerprint density at radius 3 is 2.79 bits per heavy atom. The third-order valence-electron chi connectivity index (χ3n) is 4.58. The van der Waals surface area contributed by atoms with Gasteiger partial charge < -0.3 is 9.64 Å². The van der Waals surface area contributed by atoms with Crippen LogP contribution in [-0.4, -0.2) is 86.8 Å². The first-order valence-corrected chi connectivity index (χ1v) is 7.91. The summed E-state index contributed by atoms with van der Waals surface area (Å²) in [5, 5.41) is 0. The molecule has 2 rings (SSSR count). The molecule has 2 fully saturated rings. The smallest absolute Gasteiger partial charge is 0.0594 e. The Morgan fingerprint density at radius 2 is 2.05 bits per heavy atom. The quantitative estimate of drug-likeness (QED) is 0.645. The molecule has 0 N–H and O–H groups in total. The SMILES string of the molecule is CCC1CN2CCCC2CN1CCOCCN(C)C. The number of fused-ring (bicyclic) bond motifs is 1. The molecule has 0 aliphatic carbocycles. The summed E-state index contributed by atoms with van der Waals surface area (Å²) in [4.78, 5) is 7.55. The highest BCUT2D eigenvalue weighted by Crippen LogP contribution is 2.25. The molecule has 2 aliphatic rings. The minimum Gasteiger partial charge on any atom is -0.379 e. The van der Waals surface area contributed by atoms with Gasteiger partial charge in [-0.3, -0.25) is 9.80 Å². The Bertz CT molecular complexity index is 260. The maximum Gasteiger partial charge on any atom is 0.0594 e. The van der Waals surface area contributed by atoms with Crippen LogP contribution in [0.15, 0.2) is 0 Å². The van der Waals surface area contributed by atoms with Gasteiger partial charge in [-0.2, -0.15) is 0 Å². The second-order valence-electron chi connectivity index (χ2n) is 6.26. The highest BCUT2D eigenvalue weighted by molar-refractivity contribution is 4.91. The minimum atomic E-state index is 0.742. The standard InChI is InChI=1S/C15H31N3O/c1-4-14-12-17-7-5-6-15(17)13-18(14)9-11-19-10-8-16(2)3/h14-15H,4-13H2,1-3H3. The zero-order chi connectivity index (χ0) is 13.7. The van der Waals surface area contributed by atoms with Crippen LogP contribution in [-0.2, 0) is 4.74 Å². The lowest BCUT2D eigenvalue weighted by Gasteiger charge is -2.43. The molecule has 2 saturated heterocycles. The molecule has 0 aromatic heterocycles. The predicted octanol–water partition coefficient (Wildman–Crippen LogP) is 1.12. The Morgan fingerprint density at radius 1 is 1.21 bits per heavy atom. The maximum atomic E-state index is 5.75. The average molecular weight is 269 g/mol. The average Bonchev–Trinajstić information content (AvgIpc) is 2.83. The predicted molar refractivity (Wildman–Crippen MR) is 79.6 cm³/mol. The second-order valence-corrected chi connectivity index (χ2v) is 6.26. The molecule has 112 valence electrons. The molecule has 4 nitrogen and oxygen atoms in total. The van der Waals surface area contributed by atoms with E-state index in [-0.39, 0.29) is 0 Å². The van der Waals surface area contributed by atoms with Crippen LogP contribution in [0.1, 0.15) is 26.2 Å². The highest BCUT2D eigenvalue weighted by Gasteiger charge is 2.34. The van der Waals surface area contributed by atoms with Gasteiger partial charge in [-0.15, -0.1) is 0 Å². The van der Waals surface area contributed by atoms with Crippen molar-refractivity contribution in [2.75, 3.05) is 60.0 Å². The van der Waals surface area contributed by atoms with Crippen LogP contribution in [0.3, 0.4) is 0 Å². The first kappa shape index (κ1) is 15.2. The van der Waals surface area contributed by atoms with Crippen LogP contribution < -0.4 is 0 Å². The summed E-state index contributed by atoms with van der Waals surface area (Å²) >= 11 is 0. The fourth-order valence-electron chi connectivity index (χ4n) is 3.34. The molecule has 0 radical (unpaired) electrons. The van der Waals surface area contributed by atoms with Gasteiger partial charge in [-0.05, 0) is 39.9 Å². The van der Waals surface area contributed by atoms with Crippen molar-refractivity contribution in [1.29, 1.82) is 0 Å². The van der Waals surface area contributed by atoms with Gasteiger partial charge in [-0.25, -0.2) is 0 Å². The summed E-state index contributed by atoms with van der Waals surface area (Å²) < 4.78 is 5.75. The number of piperazine rings is 1. The van der Waals surface area contributed by atoms with E-state index >= 15 is 0 Å². The number of likely N-dealkylation sites (N-methyl/N-ethyl adjacent to an activating group) is 1. The summed E-state index contributed by atoms with van der Waals surface area (Å²) in [5.74, 6) is 0. The Balaban J connectivity index is 1.69. The largest absolute Gasteiger partial charge is 0.379 e. The first-order valence-electron chi connectivity index (χ1n) is 7.91. The van der Waals surface area contributed by atoms with E-state index in [0.29, 0.717) is 0 Å². The van der Waals surface area contributed by atoms with E-state index < -0.39 is 0 Å². The van der Waals surface area contributed by atoms with Crippen LogP contribution in [0.25, 0.3) is 0 Å². The summed E-state index contributed by atoms with van der Waals surface area (Å²) in [6.07, 6.45) is 4.06. The van der Waals surface area contributed by atoms with Crippen LogP contribution in [0.4, 0.5) is 0 Å². The van der Waals surface area contributed by atoms with Crippen molar-refractivity contribution in [1.82, 2.24) is 14.7 Å². The van der Waals surface area contributed by atoms with Crippen molar-refractivity contribution < 1.29 is 4.74 Å². The third-order valence-corrected chi connectivity index (χ3v) is 4.58. The van der Waals surface area contributed by atoms with Crippen LogP contribution in [0, 0.1) is 0 Å². The Hall–Kier alpha value is -0.160. The number of ether oxygens (including phenoxy) is 1. The molecule has 0 bridgehead atoms. The molecule has 2 heterocycles. The van der Waals surface area contributed by atoms with Gasteiger partial charge in [0.15, 0.2) is 0 Å². The summed E-state index contributed by atoms with van der Waals surface area (Å²) in [7, 11) is 4.19. The van der Waals surface area contributed by atoms with Crippen LogP contribution in [0.5, 0.6) is 0 Å². The third kappa shape index (κ3) is 4.42. The van der Waals surface area contributed by atoms with Crippen molar-refractivity contribution >= 4 is 0 Å². The normalized spacial score (nSPS) is 29.1. The first-order chi connectivity index (χ1) is 9.20. The van der Waals surface area contributed by atoms with Crippen molar-refractivity contribution in [3.05, 3.63) is 0 Å². The molecule has 19 heavy (non-hydrogen) atoms. The van der Waals surface area contributed by atoms with Crippen molar-refractivity contribution in [3.8, 4) is 0 Å². The van der Waals surface area contributed by atoms with Gasteiger partial charge >= 0.3 is 0 Å². The molecule has 0 aromatic carbocycles. The molecule has 0 amide bonds. The van der Waals surface area contributed by atoms with E-state index in [1.807, 2.05) is 0 Å². The monoisotopic (exact) mass is 269 g/mol. The second kappa shape index (κ2) is 7.58. The van der Waals surface area contributed by atoms with Crippen molar-refractivity contribution in [3.63, 3.8) is 0 Å². The highest BCUT2D eigenvalue weighted by atomic mass is 16.5. The van der Waals surface area contributed by atoms with Gasteiger partial charge in [0.05, 0.1) is 13.2 Å². The number of rotatable bonds is 7. The van der Waals surface area contributed by atoms with Crippen LogP contribution in [0.2, 0.25) is 0 Å². The van der Waals surface area contributed by atoms with E-state index in [4.69, 9.17) is 4.74 Å². The lowest BCUT2D eigenvalue weighted by atomic mass is 10.1. The van der Waals surface area contributed by atoms with E-state index in [1.54, 1.807) is 0 Å². The zero-order valence-corrected chi connectivity index (χ0v) is 13.0. The van der Waals surface area contributed by atoms with Gasteiger partial charge in [0.2, 0.25) is 0 Å². The molecule has 0 aromatic rings. The lowest BCUT2D eigenvalue weighted by Crippen LogP contribution is -2.56. The number of hydrogen-bond donors (Lipinski definition) is 0. The molecule has 2 unspecified atom stereocenters. The molecular weight excluding hydrogens is 238 g/mol. The van der Waals surface area contributed by atoms with Crippen LogP contribution >= 0.6 is 0 Å². The maximum absolute atomic E-state index is 5.75. The van der Waals surface area contributed by atoms with E-state index in [1.165, 1.54) is 38.9 Å². The van der Waals surface area contributed by atoms with Gasteiger partial charge in [0, 0.05) is 38.3 Å². The molecular formula is C15H31N3O. The fraction of sp³-hybridized carbons (Fsp3) is 1.00. The summed E-state index contributed by atoms with van der Waals surface area (Å²) in [6.45, 7) is 10.1. The molecule has 0 spiro atoms. The number of hydrogen-bond acceptors (Lipinski definition) is 4. The topological polar surface area (TPSA) is 19.0 Å². The van der Waals surface area contributed by atoms with Gasteiger partial charge in [0.1, 0.15) is 0 Å². The summed E-state index contributed by atoms with van der Waals surface area (Å²) in [5.41, 5.74) is 0. The fourth-order valence-corrected chi connectivity index (χ4v) is 3.34. The molecule has 2 aliphatic heterocycles. The molecule has 2 atom stereocenters. The molecule has 0 saturated carbocycles. The van der Waals surface area contributed by atoms with Crippen molar-refractivity contribution in [2.24, 2.45) is 0 Å². The van der Waals surface area contributed by atoms with E-state index in [0.717, 1.165) is 38.4 Å². The van der Waals surface area contributed by atoms with Gasteiger partial charge in [-0.1, -0.05) is 6.92 Å². The number of nitrogens with zero attached hydrogens (tertiary/aromatic N) is 3. The van der Waals surface area contributed by atoms with E-state index in [2.05, 4.69) is 35.7 Å². The van der Waals surface area contributed by atoms with Gasteiger partial charge in [0.25, 0.3) is 0 Å². The minimum absolute atomic E-state index is 0.742. The Kier molecular flexibility index (Phi) is 6.07. The van der Waals surface area contributed by atoms with E-state index in [9.17, 15) is 0 Å². The zero-order valence-electron chi connectivity index (χ0n) is 13.0.